The highest BCUT2D eigenvalue weighted by Crippen LogP contribution is 2.37. The molecule has 0 saturated heterocycles. The SMILES string of the molecule is Cc1cc(C(=O)O)cc(S(=O)(=O)N2c3ccccc3C[C@@H]2C)c1C. The Morgan fingerprint density at radius 1 is 1.21 bits per heavy atom. The standard InChI is InChI=1S/C18H19NO4S/c1-11-8-15(18(20)21)10-17(13(11)3)24(22,23)19-12(2)9-14-6-4-5-7-16(14)19/h4-8,10,12H,9H2,1-3H3,(H,20,21)/t12-/m0/s1. The zero-order valence-electron chi connectivity index (χ0n) is 13.8. The summed E-state index contributed by atoms with van der Waals surface area (Å²) in [7, 11) is -3.84. The molecule has 0 bridgehead atoms. The van der Waals surface area contributed by atoms with Gasteiger partial charge in [0.25, 0.3) is 10.0 Å². The van der Waals surface area contributed by atoms with Crippen molar-refractivity contribution in [2.24, 2.45) is 0 Å². The molecule has 126 valence electrons. The summed E-state index contributed by atoms with van der Waals surface area (Å²) in [5.41, 5.74) is 2.86. The molecule has 1 aliphatic heterocycles. The summed E-state index contributed by atoms with van der Waals surface area (Å²) in [6, 6.07) is 9.96. The first-order valence-electron chi connectivity index (χ1n) is 7.70. The third kappa shape index (κ3) is 2.47. The number of para-hydroxylation sites is 1. The first-order valence-corrected chi connectivity index (χ1v) is 9.14. The molecule has 0 aromatic heterocycles. The van der Waals surface area contributed by atoms with Crippen LogP contribution in [0.1, 0.15) is 34.0 Å². The predicted octanol–water partition coefficient (Wildman–Crippen LogP) is 3.14. The second kappa shape index (κ2) is 5.63. The van der Waals surface area contributed by atoms with Crippen molar-refractivity contribution >= 4 is 21.7 Å². The summed E-state index contributed by atoms with van der Waals surface area (Å²) in [6.45, 7) is 5.30. The molecule has 1 heterocycles. The maximum absolute atomic E-state index is 13.3. The maximum atomic E-state index is 13.3. The third-order valence-corrected chi connectivity index (χ3v) is 6.60. The van der Waals surface area contributed by atoms with Crippen LogP contribution in [0.3, 0.4) is 0 Å². The number of anilines is 1. The van der Waals surface area contributed by atoms with Gasteiger partial charge in [0, 0.05) is 6.04 Å². The van der Waals surface area contributed by atoms with Crippen LogP contribution >= 0.6 is 0 Å². The molecule has 6 heteroatoms. The van der Waals surface area contributed by atoms with E-state index in [-0.39, 0.29) is 16.5 Å². The van der Waals surface area contributed by atoms with Gasteiger partial charge in [-0.3, -0.25) is 4.31 Å². The van der Waals surface area contributed by atoms with Crippen molar-refractivity contribution in [1.29, 1.82) is 0 Å². The number of hydrogen-bond acceptors (Lipinski definition) is 3. The number of nitrogens with zero attached hydrogens (tertiary/aromatic N) is 1. The summed E-state index contributed by atoms with van der Waals surface area (Å²) in [4.78, 5) is 11.4. The van der Waals surface area contributed by atoms with E-state index in [4.69, 9.17) is 0 Å². The zero-order valence-corrected chi connectivity index (χ0v) is 14.6. The van der Waals surface area contributed by atoms with Crippen molar-refractivity contribution in [2.45, 2.75) is 38.1 Å². The fourth-order valence-corrected chi connectivity index (χ4v) is 5.25. The van der Waals surface area contributed by atoms with Gasteiger partial charge in [-0.05, 0) is 62.1 Å². The highest BCUT2D eigenvalue weighted by Gasteiger charge is 2.37. The Morgan fingerprint density at radius 2 is 1.88 bits per heavy atom. The Labute approximate surface area is 141 Å². The van der Waals surface area contributed by atoms with E-state index in [1.54, 1.807) is 19.9 Å². The lowest BCUT2D eigenvalue weighted by atomic mass is 10.1. The predicted molar refractivity (Wildman–Crippen MR) is 92.1 cm³/mol. The van der Waals surface area contributed by atoms with Crippen LogP contribution < -0.4 is 4.31 Å². The smallest absolute Gasteiger partial charge is 0.335 e. The molecule has 0 saturated carbocycles. The van der Waals surface area contributed by atoms with Gasteiger partial charge < -0.3 is 5.11 Å². The molecule has 0 aliphatic carbocycles. The second-order valence-electron chi connectivity index (χ2n) is 6.20. The van der Waals surface area contributed by atoms with Crippen LogP contribution in [0.25, 0.3) is 0 Å². The molecule has 0 unspecified atom stereocenters. The quantitative estimate of drug-likeness (QED) is 0.927. The average molecular weight is 345 g/mol. The molecule has 0 fully saturated rings. The maximum Gasteiger partial charge on any atom is 0.335 e. The number of fused-ring (bicyclic) bond motifs is 1. The minimum Gasteiger partial charge on any atom is -0.478 e. The van der Waals surface area contributed by atoms with E-state index in [0.29, 0.717) is 23.2 Å². The Kier molecular flexibility index (Phi) is 3.87. The number of carboxylic acids is 1. The van der Waals surface area contributed by atoms with Crippen LogP contribution in [0.15, 0.2) is 41.3 Å². The van der Waals surface area contributed by atoms with E-state index >= 15 is 0 Å². The van der Waals surface area contributed by atoms with Crippen molar-refractivity contribution in [3.63, 3.8) is 0 Å². The molecule has 3 rings (SSSR count). The van der Waals surface area contributed by atoms with Crippen LogP contribution in [-0.2, 0) is 16.4 Å². The van der Waals surface area contributed by atoms with Gasteiger partial charge in [0.15, 0.2) is 0 Å². The van der Waals surface area contributed by atoms with Crippen molar-refractivity contribution in [3.8, 4) is 0 Å². The molecule has 1 N–H and O–H groups in total. The van der Waals surface area contributed by atoms with Gasteiger partial charge in [0.1, 0.15) is 0 Å². The van der Waals surface area contributed by atoms with E-state index in [0.717, 1.165) is 5.56 Å². The molecule has 0 amide bonds. The van der Waals surface area contributed by atoms with Gasteiger partial charge in [-0.1, -0.05) is 18.2 Å². The van der Waals surface area contributed by atoms with Crippen LogP contribution in [-0.4, -0.2) is 25.5 Å². The molecule has 1 atom stereocenters. The van der Waals surface area contributed by atoms with Crippen molar-refractivity contribution < 1.29 is 18.3 Å². The average Bonchev–Trinajstić information content (AvgIpc) is 2.85. The zero-order chi connectivity index (χ0) is 17.6. The second-order valence-corrected chi connectivity index (χ2v) is 7.99. The lowest BCUT2D eigenvalue weighted by Gasteiger charge is -2.26. The largest absolute Gasteiger partial charge is 0.478 e. The Hall–Kier alpha value is -2.34. The van der Waals surface area contributed by atoms with Crippen LogP contribution in [0, 0.1) is 13.8 Å². The number of rotatable bonds is 3. The normalized spacial score (nSPS) is 17.0. The third-order valence-electron chi connectivity index (χ3n) is 4.55. The fraction of sp³-hybridized carbons (Fsp3) is 0.278. The molecule has 0 radical (unpaired) electrons. The summed E-state index contributed by atoms with van der Waals surface area (Å²) < 4.78 is 28.0. The highest BCUT2D eigenvalue weighted by molar-refractivity contribution is 7.93. The molecular formula is C18H19NO4S. The van der Waals surface area contributed by atoms with Gasteiger partial charge in [-0.2, -0.15) is 0 Å². The van der Waals surface area contributed by atoms with Gasteiger partial charge in [0.05, 0.1) is 16.1 Å². The lowest BCUT2D eigenvalue weighted by Crippen LogP contribution is -2.36. The van der Waals surface area contributed by atoms with E-state index in [1.165, 1.54) is 16.4 Å². The van der Waals surface area contributed by atoms with Crippen molar-refractivity contribution in [3.05, 3.63) is 58.7 Å². The molecule has 2 aromatic rings. The minimum atomic E-state index is -3.84. The Balaban J connectivity index is 2.21. The Morgan fingerprint density at radius 3 is 2.54 bits per heavy atom. The van der Waals surface area contributed by atoms with Gasteiger partial charge in [-0.25, -0.2) is 13.2 Å². The van der Waals surface area contributed by atoms with E-state index in [1.807, 2.05) is 25.1 Å². The molecule has 24 heavy (non-hydrogen) atoms. The van der Waals surface area contributed by atoms with Gasteiger partial charge in [-0.15, -0.1) is 0 Å². The number of aryl methyl sites for hydroxylation is 1. The first kappa shape index (κ1) is 16.5. The summed E-state index contributed by atoms with van der Waals surface area (Å²) in [6.07, 6.45) is 0.645. The number of benzene rings is 2. The number of sulfonamides is 1. The van der Waals surface area contributed by atoms with Gasteiger partial charge in [0.2, 0.25) is 0 Å². The fourth-order valence-electron chi connectivity index (χ4n) is 3.23. The highest BCUT2D eigenvalue weighted by atomic mass is 32.2. The van der Waals surface area contributed by atoms with E-state index in [9.17, 15) is 18.3 Å². The molecule has 1 aliphatic rings. The van der Waals surface area contributed by atoms with Crippen LogP contribution in [0.5, 0.6) is 0 Å². The topological polar surface area (TPSA) is 74.7 Å². The number of aromatic carboxylic acids is 1. The van der Waals surface area contributed by atoms with Crippen LogP contribution in [0.2, 0.25) is 0 Å². The summed E-state index contributed by atoms with van der Waals surface area (Å²) in [5, 5.41) is 9.26. The Bertz CT molecular complexity index is 934. The van der Waals surface area contributed by atoms with Gasteiger partial charge >= 0.3 is 5.97 Å². The number of carboxylic acid groups (broad SMARTS) is 1. The summed E-state index contributed by atoms with van der Waals surface area (Å²) >= 11 is 0. The van der Waals surface area contributed by atoms with Crippen LogP contribution in [0.4, 0.5) is 5.69 Å². The summed E-state index contributed by atoms with van der Waals surface area (Å²) in [5.74, 6) is -1.13. The number of hydrogen-bond donors (Lipinski definition) is 1. The lowest BCUT2D eigenvalue weighted by molar-refractivity contribution is 0.0696. The number of carbonyl (C=O) groups is 1. The monoisotopic (exact) mass is 345 g/mol. The van der Waals surface area contributed by atoms with Crippen molar-refractivity contribution in [2.75, 3.05) is 4.31 Å². The molecular weight excluding hydrogens is 326 g/mol. The molecule has 0 spiro atoms. The molecule has 2 aromatic carbocycles. The minimum absolute atomic E-state index is 0.0168. The van der Waals surface area contributed by atoms with E-state index < -0.39 is 16.0 Å². The van der Waals surface area contributed by atoms with Crippen molar-refractivity contribution in [1.82, 2.24) is 0 Å². The molecule has 5 nitrogen and oxygen atoms in total. The first-order chi connectivity index (χ1) is 11.2. The van der Waals surface area contributed by atoms with E-state index in [2.05, 4.69) is 0 Å².